The quantitative estimate of drug-likeness (QED) is 0.799. The summed E-state index contributed by atoms with van der Waals surface area (Å²) in [5.41, 5.74) is 8.29. The van der Waals surface area contributed by atoms with Gasteiger partial charge >= 0.3 is 0 Å². The van der Waals surface area contributed by atoms with Crippen LogP contribution in [0.2, 0.25) is 0 Å². The van der Waals surface area contributed by atoms with Gasteiger partial charge in [-0.1, -0.05) is 30.3 Å². The lowest BCUT2D eigenvalue weighted by Gasteiger charge is -2.16. The molecule has 5 nitrogen and oxygen atoms in total. The van der Waals surface area contributed by atoms with Crippen LogP contribution in [-0.2, 0) is 11.2 Å². The monoisotopic (exact) mass is 326 g/mol. The summed E-state index contributed by atoms with van der Waals surface area (Å²) in [5, 5.41) is 1.98. The van der Waals surface area contributed by atoms with Gasteiger partial charge in [-0.25, -0.2) is 4.98 Å². The van der Waals surface area contributed by atoms with Gasteiger partial charge in [0.2, 0.25) is 5.91 Å². The molecular weight excluding hydrogens is 308 g/mol. The average molecular weight is 326 g/mol. The molecule has 6 heteroatoms. The molecule has 0 unspecified atom stereocenters. The summed E-state index contributed by atoms with van der Waals surface area (Å²) in [7, 11) is 0. The summed E-state index contributed by atoms with van der Waals surface area (Å²) < 4.78 is 1.95. The van der Waals surface area contributed by atoms with Crippen molar-refractivity contribution in [3.63, 3.8) is 0 Å². The molecule has 1 fully saturated rings. The molecule has 0 radical (unpaired) electrons. The summed E-state index contributed by atoms with van der Waals surface area (Å²) in [6.07, 6.45) is 4.22. The minimum absolute atomic E-state index is 0.00755. The van der Waals surface area contributed by atoms with Crippen molar-refractivity contribution in [3.05, 3.63) is 59.4 Å². The number of benzene rings is 1. The molecule has 3 heterocycles. The van der Waals surface area contributed by atoms with E-state index >= 15 is 0 Å². The topological polar surface area (TPSA) is 63.6 Å². The Bertz CT molecular complexity index is 797. The fraction of sp³-hybridized carbons (Fsp3) is 0.294. The lowest BCUT2D eigenvalue weighted by atomic mass is 9.95. The van der Waals surface area contributed by atoms with Gasteiger partial charge < -0.3 is 10.6 Å². The van der Waals surface area contributed by atoms with Gasteiger partial charge in [-0.2, -0.15) is 0 Å². The van der Waals surface area contributed by atoms with Gasteiger partial charge in [-0.15, -0.1) is 11.3 Å². The smallest absolute Gasteiger partial charge is 0.228 e. The Kier molecular flexibility index (Phi) is 3.63. The second-order valence-electron chi connectivity index (χ2n) is 5.98. The highest BCUT2D eigenvalue weighted by Crippen LogP contribution is 2.26. The van der Waals surface area contributed by atoms with Crippen molar-refractivity contribution in [1.29, 1.82) is 0 Å². The van der Waals surface area contributed by atoms with Gasteiger partial charge in [0.15, 0.2) is 4.96 Å². The van der Waals surface area contributed by atoms with Crippen molar-refractivity contribution in [2.24, 2.45) is 5.73 Å². The zero-order valence-electron chi connectivity index (χ0n) is 12.6. The van der Waals surface area contributed by atoms with E-state index in [1.807, 2.05) is 45.3 Å². The molecule has 1 aliphatic heterocycles. The van der Waals surface area contributed by atoms with E-state index in [1.165, 1.54) is 5.56 Å². The summed E-state index contributed by atoms with van der Waals surface area (Å²) in [6.45, 7) is 1.30. The highest BCUT2D eigenvalue weighted by atomic mass is 32.1. The third kappa shape index (κ3) is 2.75. The average Bonchev–Trinajstić information content (AvgIpc) is 3.22. The van der Waals surface area contributed by atoms with E-state index in [1.54, 1.807) is 11.3 Å². The lowest BCUT2D eigenvalue weighted by Crippen LogP contribution is -2.33. The second-order valence-corrected chi connectivity index (χ2v) is 6.85. The van der Waals surface area contributed by atoms with Crippen LogP contribution in [0.5, 0.6) is 0 Å². The lowest BCUT2D eigenvalue weighted by molar-refractivity contribution is -0.129. The normalized spacial score (nSPS) is 21.2. The first-order valence-corrected chi connectivity index (χ1v) is 8.58. The van der Waals surface area contributed by atoms with Crippen molar-refractivity contribution in [1.82, 2.24) is 14.3 Å². The molecule has 118 valence electrons. The van der Waals surface area contributed by atoms with E-state index in [0.717, 1.165) is 10.7 Å². The van der Waals surface area contributed by atoms with E-state index < -0.39 is 0 Å². The molecule has 0 saturated carbocycles. The van der Waals surface area contributed by atoms with Gasteiger partial charge in [0.05, 0.1) is 12.1 Å². The van der Waals surface area contributed by atoms with E-state index in [4.69, 9.17) is 5.73 Å². The number of nitrogens with zero attached hydrogens (tertiary/aromatic N) is 3. The zero-order chi connectivity index (χ0) is 15.8. The van der Waals surface area contributed by atoms with Crippen molar-refractivity contribution in [3.8, 4) is 0 Å². The van der Waals surface area contributed by atoms with Crippen LogP contribution in [0.3, 0.4) is 0 Å². The molecule has 2 aromatic heterocycles. The third-order valence-corrected chi connectivity index (χ3v) is 5.19. The van der Waals surface area contributed by atoms with Crippen molar-refractivity contribution < 1.29 is 4.79 Å². The van der Waals surface area contributed by atoms with Crippen LogP contribution in [-0.4, -0.2) is 39.3 Å². The van der Waals surface area contributed by atoms with Crippen LogP contribution in [0.15, 0.2) is 48.1 Å². The number of hydrogen-bond acceptors (Lipinski definition) is 4. The van der Waals surface area contributed by atoms with Crippen molar-refractivity contribution in [2.75, 3.05) is 13.1 Å². The summed E-state index contributed by atoms with van der Waals surface area (Å²) in [6, 6.07) is 10.2. The number of thiazole rings is 1. The molecule has 0 aliphatic carbocycles. The number of hydrogen-bond donors (Lipinski definition) is 1. The predicted octanol–water partition coefficient (Wildman–Crippen LogP) is 1.89. The number of fused-ring (bicyclic) bond motifs is 1. The number of carbonyl (C=O) groups is 1. The summed E-state index contributed by atoms with van der Waals surface area (Å²) in [5.74, 6) is 0.315. The standard InChI is InChI=1S/C17H18N4OS/c18-15-11-21(10-14(15)12-4-2-1-3-5-12)16(22)8-13-9-20-6-7-23-17(20)19-13/h1-7,9,14-15H,8,10-11,18H2/t14-,15+/m0/s1. The largest absolute Gasteiger partial charge is 0.340 e. The van der Waals surface area contributed by atoms with E-state index in [-0.39, 0.29) is 17.9 Å². The number of rotatable bonds is 3. The van der Waals surface area contributed by atoms with Gasteiger partial charge in [0.1, 0.15) is 0 Å². The number of amides is 1. The molecule has 1 aromatic carbocycles. The first-order valence-electron chi connectivity index (χ1n) is 7.70. The molecular formula is C17H18N4OS. The molecule has 1 amide bonds. The highest BCUT2D eigenvalue weighted by Gasteiger charge is 2.33. The van der Waals surface area contributed by atoms with Crippen LogP contribution in [0, 0.1) is 0 Å². The highest BCUT2D eigenvalue weighted by molar-refractivity contribution is 7.15. The predicted molar refractivity (Wildman–Crippen MR) is 90.5 cm³/mol. The van der Waals surface area contributed by atoms with Crippen LogP contribution < -0.4 is 5.73 Å². The Morgan fingerprint density at radius 2 is 2.13 bits per heavy atom. The molecule has 3 aromatic rings. The Morgan fingerprint density at radius 1 is 1.30 bits per heavy atom. The van der Waals surface area contributed by atoms with Gasteiger partial charge in [-0.05, 0) is 5.56 Å². The van der Waals surface area contributed by atoms with E-state index in [9.17, 15) is 4.79 Å². The molecule has 2 atom stereocenters. The van der Waals surface area contributed by atoms with E-state index in [0.29, 0.717) is 19.5 Å². The maximum Gasteiger partial charge on any atom is 0.228 e. The maximum atomic E-state index is 12.6. The summed E-state index contributed by atoms with van der Waals surface area (Å²) >= 11 is 1.57. The second kappa shape index (κ2) is 5.79. The van der Waals surface area contributed by atoms with Crippen LogP contribution in [0.1, 0.15) is 17.2 Å². The molecule has 2 N–H and O–H groups in total. The maximum absolute atomic E-state index is 12.6. The Hall–Kier alpha value is -2.18. The first kappa shape index (κ1) is 14.4. The number of imidazole rings is 1. The molecule has 1 aliphatic rings. The van der Waals surface area contributed by atoms with Gasteiger partial charge in [0, 0.05) is 42.8 Å². The fourth-order valence-electron chi connectivity index (χ4n) is 3.21. The first-order chi connectivity index (χ1) is 11.2. The van der Waals surface area contributed by atoms with Gasteiger partial charge in [-0.3, -0.25) is 9.20 Å². The minimum Gasteiger partial charge on any atom is -0.340 e. The van der Waals surface area contributed by atoms with Gasteiger partial charge in [0.25, 0.3) is 0 Å². The third-order valence-electron chi connectivity index (χ3n) is 4.42. The molecule has 4 rings (SSSR count). The Morgan fingerprint density at radius 3 is 2.91 bits per heavy atom. The molecule has 0 bridgehead atoms. The van der Waals surface area contributed by atoms with E-state index in [2.05, 4.69) is 17.1 Å². The molecule has 0 spiro atoms. The SMILES string of the molecule is N[C@@H]1CN(C(=O)Cc2cn3ccsc3n2)C[C@H]1c1ccccc1. The summed E-state index contributed by atoms with van der Waals surface area (Å²) in [4.78, 5) is 19.8. The number of likely N-dealkylation sites (tertiary alicyclic amines) is 1. The zero-order valence-corrected chi connectivity index (χ0v) is 13.4. The van der Waals surface area contributed by atoms with Crippen LogP contribution >= 0.6 is 11.3 Å². The number of nitrogens with two attached hydrogens (primary N) is 1. The van der Waals surface area contributed by atoms with Crippen LogP contribution in [0.4, 0.5) is 0 Å². The van der Waals surface area contributed by atoms with Crippen molar-refractivity contribution >= 4 is 22.2 Å². The minimum atomic E-state index is -0.00755. The Balaban J connectivity index is 1.46. The molecule has 23 heavy (non-hydrogen) atoms. The fourth-order valence-corrected chi connectivity index (χ4v) is 3.93. The number of aromatic nitrogens is 2. The Labute approximate surface area is 138 Å². The van der Waals surface area contributed by atoms with Crippen LogP contribution in [0.25, 0.3) is 4.96 Å². The van der Waals surface area contributed by atoms with Crippen molar-refractivity contribution in [2.45, 2.75) is 18.4 Å². The number of carbonyl (C=O) groups excluding carboxylic acids is 1. The molecule has 1 saturated heterocycles.